The second-order valence-corrected chi connectivity index (χ2v) is 18.5. The Balaban J connectivity index is 1.16. The average Bonchev–Trinajstić information content (AvgIpc) is 4.04. The van der Waals surface area contributed by atoms with Crippen LogP contribution < -0.4 is 0 Å². The smallest absolute Gasteiger partial charge is 0.0998 e. The van der Waals surface area contributed by atoms with Crippen molar-refractivity contribution in [1.29, 1.82) is 21.0 Å². The molecule has 0 saturated heterocycles. The largest absolute Gasteiger partial charge is 0.192 e. The lowest BCUT2D eigenvalue weighted by atomic mass is 9.81. The third-order valence-corrected chi connectivity index (χ3v) is 15.4. The maximum atomic E-state index is 10.7. The summed E-state index contributed by atoms with van der Waals surface area (Å²) in [6.45, 7) is 0. The minimum absolute atomic E-state index is 0.394. The fourth-order valence-electron chi connectivity index (χ4n) is 11.6. The van der Waals surface area contributed by atoms with Gasteiger partial charge in [0.15, 0.2) is 0 Å². The Hall–Kier alpha value is -9.36. The summed E-state index contributed by atoms with van der Waals surface area (Å²) >= 11 is 1.83. The number of benzene rings is 11. The van der Waals surface area contributed by atoms with Crippen molar-refractivity contribution >= 4 is 118 Å². The van der Waals surface area contributed by atoms with Crippen molar-refractivity contribution in [2.75, 3.05) is 0 Å². The molecular formula is C62H28N4S. The lowest BCUT2D eigenvalue weighted by molar-refractivity contribution is 1.44. The van der Waals surface area contributed by atoms with Gasteiger partial charge in [-0.15, -0.1) is 11.3 Å². The Morgan fingerprint density at radius 3 is 1.22 bits per heavy atom. The fraction of sp³-hybridized carbons (Fsp3) is 0. The standard InChI is InChI=1S/C62H28N4S/c63-29-35-9-5-10-36(30-64)55(35)59-42-14-1-2-15-43(42)60(56-37(31-65)11-6-12-38(56)32-66)52-28-50-47(27-51(52)59)44-17-8-19-46-58(44)62(50)45-18-7-16-41-39-23-21-33(26-49(39)61(46)57(41)45)34-22-24-54-48(25-34)40-13-3-4-20-53(40)67-54/h1-28H. The highest BCUT2D eigenvalue weighted by Gasteiger charge is 2.27. The summed E-state index contributed by atoms with van der Waals surface area (Å²) in [6.07, 6.45) is 0. The van der Waals surface area contributed by atoms with Gasteiger partial charge in [-0.25, -0.2) is 0 Å². The molecule has 0 unspecified atom stereocenters. The second kappa shape index (κ2) is 13.6. The van der Waals surface area contributed by atoms with E-state index in [-0.39, 0.29) is 0 Å². The third-order valence-electron chi connectivity index (χ3n) is 14.3. The van der Waals surface area contributed by atoms with Crippen LogP contribution in [0.3, 0.4) is 0 Å². The van der Waals surface area contributed by atoms with Gasteiger partial charge in [0, 0.05) is 42.4 Å². The molecule has 13 aromatic carbocycles. The number of rotatable bonds is 3. The maximum Gasteiger partial charge on any atom is 0.0998 e. The van der Waals surface area contributed by atoms with Gasteiger partial charge in [-0.3, -0.25) is 0 Å². The summed E-state index contributed by atoms with van der Waals surface area (Å²) in [5, 5.41) is 62.4. The van der Waals surface area contributed by atoms with Crippen LogP contribution in [0, 0.1) is 45.3 Å². The Morgan fingerprint density at radius 2 is 0.657 bits per heavy atom. The van der Waals surface area contributed by atoms with Crippen molar-refractivity contribution in [2.45, 2.75) is 0 Å². The zero-order valence-corrected chi connectivity index (χ0v) is 36.2. The zero-order valence-electron chi connectivity index (χ0n) is 35.4. The monoisotopic (exact) mass is 860 g/mol. The van der Waals surface area contributed by atoms with E-state index in [0.29, 0.717) is 33.4 Å². The predicted molar refractivity (Wildman–Crippen MR) is 277 cm³/mol. The van der Waals surface area contributed by atoms with E-state index in [2.05, 4.69) is 133 Å². The SMILES string of the molecule is N#Cc1cccc(C#N)c1-c1c2ccccc2c(-c2c(C#N)cccc2C#N)c2cc3c(cc12)c1cccc2c1c3c1cccc3c4ccc(-c5ccc6sc7ccccc7c6c5)cc4c2c31. The van der Waals surface area contributed by atoms with E-state index in [4.69, 9.17) is 0 Å². The van der Waals surface area contributed by atoms with Crippen LogP contribution in [-0.2, 0) is 0 Å². The van der Waals surface area contributed by atoms with Crippen molar-refractivity contribution in [3.05, 3.63) is 192 Å². The fourth-order valence-corrected chi connectivity index (χ4v) is 12.7. The van der Waals surface area contributed by atoms with Gasteiger partial charge >= 0.3 is 0 Å². The minimum atomic E-state index is 0.394. The molecule has 5 heteroatoms. The topological polar surface area (TPSA) is 95.2 Å². The molecule has 67 heavy (non-hydrogen) atoms. The second-order valence-electron chi connectivity index (χ2n) is 17.4. The normalized spacial score (nSPS) is 11.8. The molecule has 0 radical (unpaired) electrons. The Kier molecular flexibility index (Phi) is 7.51. The first-order valence-electron chi connectivity index (χ1n) is 22.1. The number of nitriles is 4. The first kappa shape index (κ1) is 37.1. The van der Waals surface area contributed by atoms with Crippen LogP contribution in [0.4, 0.5) is 0 Å². The molecule has 0 N–H and O–H groups in total. The number of nitrogens with zero attached hydrogens (tertiary/aromatic N) is 4. The number of hydrogen-bond donors (Lipinski definition) is 0. The molecule has 0 amide bonds. The van der Waals surface area contributed by atoms with Crippen LogP contribution in [0.25, 0.3) is 140 Å². The molecule has 0 saturated carbocycles. The molecule has 0 aliphatic rings. The van der Waals surface area contributed by atoms with E-state index in [1.54, 1.807) is 36.4 Å². The van der Waals surface area contributed by atoms with Gasteiger partial charge in [0.25, 0.3) is 0 Å². The molecule has 0 fully saturated rings. The summed E-state index contributed by atoms with van der Waals surface area (Å²) in [6, 6.07) is 68.4. The van der Waals surface area contributed by atoms with Gasteiger partial charge in [0.2, 0.25) is 0 Å². The molecule has 0 bridgehead atoms. The molecular weight excluding hydrogens is 833 g/mol. The maximum absolute atomic E-state index is 10.7. The van der Waals surface area contributed by atoms with Gasteiger partial charge in [-0.2, -0.15) is 21.0 Å². The summed E-state index contributed by atoms with van der Waals surface area (Å²) < 4.78 is 2.58. The Bertz CT molecular complexity index is 4670. The van der Waals surface area contributed by atoms with Gasteiger partial charge in [-0.1, -0.05) is 109 Å². The highest BCUT2D eigenvalue weighted by atomic mass is 32.1. The van der Waals surface area contributed by atoms with Crippen LogP contribution in [-0.4, -0.2) is 0 Å². The van der Waals surface area contributed by atoms with Gasteiger partial charge in [0.05, 0.1) is 46.5 Å². The van der Waals surface area contributed by atoms with Crippen molar-refractivity contribution < 1.29 is 0 Å². The molecule has 0 aliphatic carbocycles. The molecule has 14 aromatic rings. The first-order chi connectivity index (χ1) is 33.1. The quantitative estimate of drug-likeness (QED) is 0.165. The van der Waals surface area contributed by atoms with E-state index >= 15 is 0 Å². The van der Waals surface area contributed by atoms with Gasteiger partial charge in [-0.05, 0) is 158 Å². The summed E-state index contributed by atoms with van der Waals surface area (Å²) in [5.41, 5.74) is 6.60. The molecule has 14 rings (SSSR count). The molecule has 302 valence electrons. The Morgan fingerprint density at radius 1 is 0.254 bits per heavy atom. The van der Waals surface area contributed by atoms with Crippen molar-refractivity contribution in [3.8, 4) is 57.7 Å². The number of fused-ring (bicyclic) bond motifs is 13. The first-order valence-corrected chi connectivity index (χ1v) is 22.9. The van der Waals surface area contributed by atoms with E-state index in [1.807, 2.05) is 35.6 Å². The van der Waals surface area contributed by atoms with Crippen LogP contribution >= 0.6 is 11.3 Å². The zero-order chi connectivity index (χ0) is 44.7. The van der Waals surface area contributed by atoms with Crippen LogP contribution in [0.15, 0.2) is 170 Å². The number of hydrogen-bond acceptors (Lipinski definition) is 5. The average molecular weight is 861 g/mol. The van der Waals surface area contributed by atoms with Crippen molar-refractivity contribution in [1.82, 2.24) is 0 Å². The van der Waals surface area contributed by atoms with Gasteiger partial charge < -0.3 is 0 Å². The molecule has 0 atom stereocenters. The predicted octanol–water partition coefficient (Wildman–Crippen LogP) is 16.6. The third kappa shape index (κ3) is 4.85. The van der Waals surface area contributed by atoms with Gasteiger partial charge in [0.1, 0.15) is 0 Å². The van der Waals surface area contributed by atoms with Crippen LogP contribution in [0.5, 0.6) is 0 Å². The minimum Gasteiger partial charge on any atom is -0.192 e. The highest BCUT2D eigenvalue weighted by molar-refractivity contribution is 7.25. The highest BCUT2D eigenvalue weighted by Crippen LogP contribution is 2.54. The lowest BCUT2D eigenvalue weighted by Gasteiger charge is -2.20. The Labute approximate surface area is 386 Å². The van der Waals surface area contributed by atoms with Crippen molar-refractivity contribution in [3.63, 3.8) is 0 Å². The van der Waals surface area contributed by atoms with E-state index in [9.17, 15) is 21.0 Å². The van der Waals surface area contributed by atoms with E-state index in [1.165, 1.54) is 69.0 Å². The van der Waals surface area contributed by atoms with Crippen LogP contribution in [0.1, 0.15) is 22.3 Å². The summed E-state index contributed by atoms with van der Waals surface area (Å²) in [5.74, 6) is 0. The summed E-state index contributed by atoms with van der Waals surface area (Å²) in [7, 11) is 0. The molecule has 0 spiro atoms. The lowest BCUT2D eigenvalue weighted by Crippen LogP contribution is -1.97. The van der Waals surface area contributed by atoms with E-state index in [0.717, 1.165) is 59.6 Å². The molecule has 1 aromatic heterocycles. The number of thiophene rings is 1. The van der Waals surface area contributed by atoms with E-state index < -0.39 is 0 Å². The molecule has 4 nitrogen and oxygen atoms in total. The van der Waals surface area contributed by atoms with Crippen LogP contribution in [0.2, 0.25) is 0 Å². The molecule has 1 heterocycles. The summed E-state index contributed by atoms with van der Waals surface area (Å²) in [4.78, 5) is 0. The molecule has 0 aliphatic heterocycles. The van der Waals surface area contributed by atoms with Crippen molar-refractivity contribution in [2.24, 2.45) is 0 Å².